The van der Waals surface area contributed by atoms with Crippen LogP contribution < -0.4 is 5.32 Å². The van der Waals surface area contributed by atoms with Gasteiger partial charge in [0, 0.05) is 12.2 Å². The van der Waals surface area contributed by atoms with E-state index >= 15 is 0 Å². The second-order valence-electron chi connectivity index (χ2n) is 4.03. The number of rotatable bonds is 9. The summed E-state index contributed by atoms with van der Waals surface area (Å²) in [7, 11) is 0. The fourth-order valence-corrected chi connectivity index (χ4v) is 1.76. The van der Waals surface area contributed by atoms with E-state index in [1.165, 1.54) is 6.07 Å². The lowest BCUT2D eigenvalue weighted by molar-refractivity contribution is 0.0431. The summed E-state index contributed by atoms with van der Waals surface area (Å²) in [5.74, 6) is -1.66. The van der Waals surface area contributed by atoms with E-state index in [-0.39, 0.29) is 12.6 Å². The van der Waals surface area contributed by atoms with Gasteiger partial charge in [-0.2, -0.15) is 0 Å². The topological polar surface area (TPSA) is 30.5 Å². The molecule has 0 fully saturated rings. The molecule has 0 aliphatic carbocycles. The number of nitrogens with one attached hydrogen (secondary N) is 1. The molecule has 1 aromatic carbocycles. The lowest BCUT2D eigenvalue weighted by atomic mass is 10.1. The average Bonchev–Trinajstić information content (AvgIpc) is 2.41. The highest BCUT2D eigenvalue weighted by Crippen LogP contribution is 2.19. The van der Waals surface area contributed by atoms with Crippen LogP contribution in [0.3, 0.4) is 0 Å². The Hall–Kier alpha value is -1.04. The van der Waals surface area contributed by atoms with Crippen molar-refractivity contribution in [2.45, 2.75) is 19.9 Å². The maximum atomic E-state index is 13.7. The van der Waals surface area contributed by atoms with Crippen molar-refractivity contribution in [3.63, 3.8) is 0 Å². The van der Waals surface area contributed by atoms with Gasteiger partial charge in [0.05, 0.1) is 25.9 Å². The molecule has 1 aromatic rings. The monoisotopic (exact) mass is 273 g/mol. The molecule has 0 spiro atoms. The van der Waals surface area contributed by atoms with Gasteiger partial charge < -0.3 is 14.8 Å². The smallest absolute Gasteiger partial charge is 0.163 e. The predicted molar refractivity (Wildman–Crippen MR) is 70.1 cm³/mol. The van der Waals surface area contributed by atoms with Gasteiger partial charge in [-0.1, -0.05) is 19.1 Å². The highest BCUT2D eigenvalue weighted by molar-refractivity contribution is 5.22. The van der Waals surface area contributed by atoms with E-state index in [4.69, 9.17) is 9.47 Å². The molecule has 0 bridgehead atoms. The molecule has 0 heterocycles. The van der Waals surface area contributed by atoms with E-state index in [1.807, 2.05) is 13.8 Å². The fourth-order valence-electron chi connectivity index (χ4n) is 1.76. The zero-order valence-electron chi connectivity index (χ0n) is 11.4. The van der Waals surface area contributed by atoms with Gasteiger partial charge in [-0.3, -0.25) is 0 Å². The van der Waals surface area contributed by atoms with Crippen molar-refractivity contribution in [1.29, 1.82) is 0 Å². The van der Waals surface area contributed by atoms with Crippen LogP contribution in [0.2, 0.25) is 0 Å². The number of hydrogen-bond acceptors (Lipinski definition) is 3. The van der Waals surface area contributed by atoms with Gasteiger partial charge in [0.25, 0.3) is 0 Å². The highest BCUT2D eigenvalue weighted by atomic mass is 19.2. The Labute approximate surface area is 112 Å². The molecule has 0 amide bonds. The van der Waals surface area contributed by atoms with Crippen molar-refractivity contribution in [2.24, 2.45) is 0 Å². The second-order valence-corrected chi connectivity index (χ2v) is 4.03. The van der Waals surface area contributed by atoms with E-state index in [1.54, 1.807) is 6.07 Å². The summed E-state index contributed by atoms with van der Waals surface area (Å²) in [6.07, 6.45) is 0. The fraction of sp³-hybridized carbons (Fsp3) is 0.571. The Balaban J connectivity index is 2.58. The van der Waals surface area contributed by atoms with E-state index in [9.17, 15) is 8.78 Å². The minimum Gasteiger partial charge on any atom is -0.379 e. The molecule has 1 atom stereocenters. The Morgan fingerprint density at radius 3 is 2.58 bits per heavy atom. The molecule has 0 radical (unpaired) electrons. The van der Waals surface area contributed by atoms with Crippen molar-refractivity contribution in [3.8, 4) is 0 Å². The number of benzene rings is 1. The average molecular weight is 273 g/mol. The van der Waals surface area contributed by atoms with Crippen LogP contribution in [0.25, 0.3) is 0 Å². The van der Waals surface area contributed by atoms with Crippen molar-refractivity contribution in [2.75, 3.05) is 33.0 Å². The van der Waals surface area contributed by atoms with Gasteiger partial charge in [0.2, 0.25) is 0 Å². The lowest BCUT2D eigenvalue weighted by Gasteiger charge is -2.19. The SMILES string of the molecule is CCNC(COCCOCC)c1cccc(F)c1F. The summed E-state index contributed by atoms with van der Waals surface area (Å²) in [6.45, 7) is 6.32. The van der Waals surface area contributed by atoms with Gasteiger partial charge in [-0.15, -0.1) is 0 Å². The van der Waals surface area contributed by atoms with Crippen LogP contribution in [-0.4, -0.2) is 33.0 Å². The summed E-state index contributed by atoms with van der Waals surface area (Å²) in [5, 5.41) is 3.09. The maximum Gasteiger partial charge on any atom is 0.163 e. The normalized spacial score (nSPS) is 12.6. The van der Waals surface area contributed by atoms with E-state index in [2.05, 4.69) is 5.32 Å². The zero-order chi connectivity index (χ0) is 14.1. The Kier molecular flexibility index (Phi) is 7.55. The van der Waals surface area contributed by atoms with Gasteiger partial charge in [0.1, 0.15) is 0 Å². The molecule has 0 saturated heterocycles. The molecule has 0 aliphatic heterocycles. The molecule has 0 aromatic heterocycles. The number of likely N-dealkylation sites (N-methyl/N-ethyl adjacent to an activating group) is 1. The van der Waals surface area contributed by atoms with Crippen molar-refractivity contribution in [3.05, 3.63) is 35.4 Å². The first-order valence-electron chi connectivity index (χ1n) is 6.53. The molecule has 0 saturated carbocycles. The van der Waals surface area contributed by atoms with Crippen LogP contribution >= 0.6 is 0 Å². The van der Waals surface area contributed by atoms with E-state index < -0.39 is 11.6 Å². The molecular weight excluding hydrogens is 252 g/mol. The summed E-state index contributed by atoms with van der Waals surface area (Å²) in [6, 6.07) is 3.82. The molecule has 108 valence electrons. The quantitative estimate of drug-likeness (QED) is 0.702. The molecule has 0 aliphatic rings. The van der Waals surface area contributed by atoms with Crippen LogP contribution in [0.5, 0.6) is 0 Å². The third kappa shape index (κ3) is 5.22. The number of halogens is 2. The van der Waals surface area contributed by atoms with Crippen LogP contribution in [0.15, 0.2) is 18.2 Å². The first-order valence-corrected chi connectivity index (χ1v) is 6.53. The minimum absolute atomic E-state index is 0.279. The third-order valence-electron chi connectivity index (χ3n) is 2.67. The van der Waals surface area contributed by atoms with Crippen LogP contribution in [0.4, 0.5) is 8.78 Å². The van der Waals surface area contributed by atoms with Gasteiger partial charge in [-0.25, -0.2) is 8.78 Å². The largest absolute Gasteiger partial charge is 0.379 e. The molecular formula is C14H21F2NO2. The Bertz CT molecular complexity index is 374. The summed E-state index contributed by atoms with van der Waals surface area (Å²) < 4.78 is 37.5. The van der Waals surface area contributed by atoms with Crippen LogP contribution in [-0.2, 0) is 9.47 Å². The Morgan fingerprint density at radius 1 is 1.16 bits per heavy atom. The molecule has 3 nitrogen and oxygen atoms in total. The first kappa shape index (κ1) is 16.0. The standard InChI is InChI=1S/C14H21F2NO2/c1-3-17-13(10-19-9-8-18-4-2)11-6-5-7-12(15)14(11)16/h5-7,13,17H,3-4,8-10H2,1-2H3. The van der Waals surface area contributed by atoms with Crippen molar-refractivity contribution >= 4 is 0 Å². The predicted octanol–water partition coefficient (Wildman–Crippen LogP) is 2.67. The van der Waals surface area contributed by atoms with Gasteiger partial charge in [0.15, 0.2) is 11.6 Å². The van der Waals surface area contributed by atoms with E-state index in [0.29, 0.717) is 31.9 Å². The zero-order valence-corrected chi connectivity index (χ0v) is 11.4. The molecule has 1 unspecified atom stereocenters. The van der Waals surface area contributed by atoms with Crippen molar-refractivity contribution in [1.82, 2.24) is 5.32 Å². The third-order valence-corrected chi connectivity index (χ3v) is 2.67. The molecule has 19 heavy (non-hydrogen) atoms. The van der Waals surface area contributed by atoms with Crippen LogP contribution in [0, 0.1) is 11.6 Å². The summed E-state index contributed by atoms with van der Waals surface area (Å²) in [5.41, 5.74) is 0.290. The summed E-state index contributed by atoms with van der Waals surface area (Å²) >= 11 is 0. The second kappa shape index (κ2) is 8.96. The van der Waals surface area contributed by atoms with Gasteiger partial charge >= 0.3 is 0 Å². The van der Waals surface area contributed by atoms with Crippen LogP contribution in [0.1, 0.15) is 25.5 Å². The maximum absolute atomic E-state index is 13.7. The Morgan fingerprint density at radius 2 is 1.89 bits per heavy atom. The van der Waals surface area contributed by atoms with Crippen molar-refractivity contribution < 1.29 is 18.3 Å². The lowest BCUT2D eigenvalue weighted by Crippen LogP contribution is -2.27. The molecule has 5 heteroatoms. The first-order chi connectivity index (χ1) is 9.20. The number of ether oxygens (including phenoxy) is 2. The molecule has 1 N–H and O–H groups in total. The van der Waals surface area contributed by atoms with E-state index in [0.717, 1.165) is 6.07 Å². The summed E-state index contributed by atoms with van der Waals surface area (Å²) in [4.78, 5) is 0. The minimum atomic E-state index is -0.838. The van der Waals surface area contributed by atoms with Gasteiger partial charge in [-0.05, 0) is 19.5 Å². The number of hydrogen-bond donors (Lipinski definition) is 1. The highest BCUT2D eigenvalue weighted by Gasteiger charge is 2.17. The molecule has 1 rings (SSSR count).